The van der Waals surface area contributed by atoms with Crippen LogP contribution in [-0.4, -0.2) is 40.1 Å². The maximum absolute atomic E-state index is 12.8. The number of aromatic nitrogens is 3. The summed E-state index contributed by atoms with van der Waals surface area (Å²) in [6.45, 7) is -2.28. The Bertz CT molecular complexity index is 1310. The Balaban J connectivity index is 1.51. The van der Waals surface area contributed by atoms with Gasteiger partial charge in [0.15, 0.2) is 0 Å². The highest BCUT2D eigenvalue weighted by atomic mass is 19.4. The number of fused-ring (bicyclic) bond motifs is 1. The predicted octanol–water partition coefficient (Wildman–Crippen LogP) is 5.56. The third-order valence-corrected chi connectivity index (χ3v) is 4.83. The van der Waals surface area contributed by atoms with Crippen LogP contribution in [0.25, 0.3) is 27.7 Å². The SMILES string of the molecule is O=C(COCC(F)(F)F)Nc1c[nH]c2ccc(-c3cnn(-c4ccc(C(F)(F)F)cc4)c3)cc12. The molecular formula is C22H16F6N4O2. The maximum atomic E-state index is 12.8. The van der Waals surface area contributed by atoms with Crippen LogP contribution < -0.4 is 5.32 Å². The standard InChI is InChI=1S/C22H16F6N4O2/c23-21(24,25)12-34-11-20(33)31-19-9-29-18-6-1-13(7-17(18)19)14-8-30-32(10-14)16-4-2-15(3-5-16)22(26,27)28/h1-10,29H,11-12H2,(H,31,33). The quantitative estimate of drug-likeness (QED) is 0.354. The first-order chi connectivity index (χ1) is 16.0. The zero-order valence-corrected chi connectivity index (χ0v) is 17.2. The molecule has 0 saturated heterocycles. The number of nitrogens with zero attached hydrogens (tertiary/aromatic N) is 2. The Kier molecular flexibility index (Phi) is 6.09. The fraction of sp³-hybridized carbons (Fsp3) is 0.182. The fourth-order valence-electron chi connectivity index (χ4n) is 3.27. The van der Waals surface area contributed by atoms with E-state index in [0.29, 0.717) is 33.4 Å². The molecule has 6 nitrogen and oxygen atoms in total. The van der Waals surface area contributed by atoms with Crippen LogP contribution in [0, 0.1) is 0 Å². The van der Waals surface area contributed by atoms with Crippen molar-refractivity contribution in [3.63, 3.8) is 0 Å². The second kappa shape index (κ2) is 8.86. The third-order valence-electron chi connectivity index (χ3n) is 4.83. The number of anilines is 1. The van der Waals surface area contributed by atoms with E-state index in [4.69, 9.17) is 0 Å². The summed E-state index contributed by atoms with van der Waals surface area (Å²) in [7, 11) is 0. The van der Waals surface area contributed by atoms with Crippen molar-refractivity contribution >= 4 is 22.5 Å². The second-order valence-corrected chi connectivity index (χ2v) is 7.34. The van der Waals surface area contributed by atoms with Crippen LogP contribution in [0.3, 0.4) is 0 Å². The van der Waals surface area contributed by atoms with Gasteiger partial charge in [-0.05, 0) is 42.0 Å². The molecule has 0 spiro atoms. The van der Waals surface area contributed by atoms with Gasteiger partial charge >= 0.3 is 12.4 Å². The Morgan fingerprint density at radius 3 is 2.44 bits per heavy atom. The number of halogens is 6. The van der Waals surface area contributed by atoms with Crippen LogP contribution in [0.1, 0.15) is 5.56 Å². The first kappa shape index (κ1) is 23.4. The number of hydrogen-bond donors (Lipinski definition) is 2. The molecule has 2 heterocycles. The monoisotopic (exact) mass is 482 g/mol. The average Bonchev–Trinajstić information content (AvgIpc) is 3.40. The van der Waals surface area contributed by atoms with Gasteiger partial charge in [0.25, 0.3) is 0 Å². The van der Waals surface area contributed by atoms with Crippen molar-refractivity contribution in [3.05, 3.63) is 66.6 Å². The molecule has 0 aliphatic carbocycles. The summed E-state index contributed by atoms with van der Waals surface area (Å²) in [5, 5.41) is 7.30. The van der Waals surface area contributed by atoms with Gasteiger partial charge in [0, 0.05) is 28.9 Å². The van der Waals surface area contributed by atoms with Gasteiger partial charge in [-0.25, -0.2) is 4.68 Å². The van der Waals surface area contributed by atoms with E-state index in [9.17, 15) is 31.1 Å². The molecule has 0 saturated carbocycles. The molecule has 0 bridgehead atoms. The molecule has 4 aromatic rings. The summed E-state index contributed by atoms with van der Waals surface area (Å²) < 4.78 is 80.6. The smallest absolute Gasteiger partial charge is 0.362 e. The number of hydrogen-bond acceptors (Lipinski definition) is 3. The Labute approximate surface area is 188 Å². The van der Waals surface area contributed by atoms with Crippen LogP contribution in [-0.2, 0) is 15.7 Å². The number of benzene rings is 2. The Morgan fingerprint density at radius 1 is 1.03 bits per heavy atom. The molecule has 4 rings (SSSR count). The molecule has 178 valence electrons. The number of nitrogens with one attached hydrogen (secondary N) is 2. The van der Waals surface area contributed by atoms with Gasteiger partial charge in [-0.2, -0.15) is 31.4 Å². The number of alkyl halides is 6. The van der Waals surface area contributed by atoms with E-state index in [1.807, 2.05) is 0 Å². The molecule has 0 aliphatic heterocycles. The van der Waals surface area contributed by atoms with E-state index >= 15 is 0 Å². The van der Waals surface area contributed by atoms with Crippen LogP contribution >= 0.6 is 0 Å². The number of carbonyl (C=O) groups excluding carboxylic acids is 1. The van der Waals surface area contributed by atoms with Gasteiger partial charge in [-0.15, -0.1) is 0 Å². The summed E-state index contributed by atoms with van der Waals surface area (Å²) >= 11 is 0. The molecule has 0 unspecified atom stereocenters. The number of ether oxygens (including phenoxy) is 1. The molecule has 0 radical (unpaired) electrons. The van der Waals surface area contributed by atoms with Crippen molar-refractivity contribution in [3.8, 4) is 16.8 Å². The largest absolute Gasteiger partial charge is 0.416 e. The van der Waals surface area contributed by atoms with Crippen LogP contribution in [0.4, 0.5) is 32.0 Å². The molecule has 0 fully saturated rings. The summed E-state index contributed by atoms with van der Waals surface area (Å²) in [4.78, 5) is 14.9. The number of amides is 1. The molecule has 2 aromatic heterocycles. The van der Waals surface area contributed by atoms with E-state index < -0.39 is 37.0 Å². The van der Waals surface area contributed by atoms with Crippen molar-refractivity contribution in [2.45, 2.75) is 12.4 Å². The molecule has 0 aliphatic rings. The molecule has 2 aromatic carbocycles. The maximum Gasteiger partial charge on any atom is 0.416 e. The van der Waals surface area contributed by atoms with Crippen molar-refractivity contribution < 1.29 is 35.9 Å². The number of aromatic amines is 1. The van der Waals surface area contributed by atoms with E-state index in [-0.39, 0.29) is 0 Å². The van der Waals surface area contributed by atoms with E-state index in [2.05, 4.69) is 20.1 Å². The zero-order valence-electron chi connectivity index (χ0n) is 17.2. The van der Waals surface area contributed by atoms with E-state index in [0.717, 1.165) is 12.1 Å². The van der Waals surface area contributed by atoms with E-state index in [1.54, 1.807) is 24.4 Å². The van der Waals surface area contributed by atoms with Crippen LogP contribution in [0.15, 0.2) is 61.1 Å². The van der Waals surface area contributed by atoms with Gasteiger partial charge in [0.1, 0.15) is 13.2 Å². The van der Waals surface area contributed by atoms with Gasteiger partial charge in [-0.3, -0.25) is 4.79 Å². The molecule has 12 heteroatoms. The van der Waals surface area contributed by atoms with Gasteiger partial charge in [0.05, 0.1) is 23.1 Å². The van der Waals surface area contributed by atoms with Crippen molar-refractivity contribution in [2.75, 3.05) is 18.5 Å². The molecule has 0 atom stereocenters. The lowest BCUT2D eigenvalue weighted by Crippen LogP contribution is -2.23. The average molecular weight is 482 g/mol. The fourth-order valence-corrected chi connectivity index (χ4v) is 3.27. The summed E-state index contributed by atoms with van der Waals surface area (Å²) in [5.41, 5.74) is 2.06. The highest BCUT2D eigenvalue weighted by molar-refractivity contribution is 6.03. The summed E-state index contributed by atoms with van der Waals surface area (Å²) in [5.74, 6) is -0.745. The van der Waals surface area contributed by atoms with Crippen LogP contribution in [0.5, 0.6) is 0 Å². The lowest BCUT2D eigenvalue weighted by Gasteiger charge is -2.08. The van der Waals surface area contributed by atoms with Crippen molar-refractivity contribution in [1.29, 1.82) is 0 Å². The normalized spacial score (nSPS) is 12.3. The minimum Gasteiger partial charge on any atom is -0.362 e. The highest BCUT2D eigenvalue weighted by Crippen LogP contribution is 2.31. The first-order valence-electron chi connectivity index (χ1n) is 9.78. The van der Waals surface area contributed by atoms with Gasteiger partial charge < -0.3 is 15.0 Å². The lowest BCUT2D eigenvalue weighted by molar-refractivity contribution is -0.174. The second-order valence-electron chi connectivity index (χ2n) is 7.34. The summed E-state index contributed by atoms with van der Waals surface area (Å²) in [6, 6.07) is 9.83. The van der Waals surface area contributed by atoms with Crippen molar-refractivity contribution in [2.24, 2.45) is 0 Å². The third kappa shape index (κ3) is 5.39. The minimum absolute atomic E-state index is 0.354. The predicted molar refractivity (Wildman–Crippen MR) is 111 cm³/mol. The molecule has 34 heavy (non-hydrogen) atoms. The number of H-pyrrole nitrogens is 1. The molecule has 2 N–H and O–H groups in total. The van der Waals surface area contributed by atoms with Gasteiger partial charge in [0.2, 0.25) is 5.91 Å². The number of rotatable bonds is 6. The minimum atomic E-state index is -4.53. The Morgan fingerprint density at radius 2 is 1.76 bits per heavy atom. The Hall–Kier alpha value is -3.80. The molecular weight excluding hydrogens is 466 g/mol. The van der Waals surface area contributed by atoms with Crippen molar-refractivity contribution in [1.82, 2.24) is 14.8 Å². The topological polar surface area (TPSA) is 71.9 Å². The molecule has 1 amide bonds. The van der Waals surface area contributed by atoms with Gasteiger partial charge in [-0.1, -0.05) is 6.07 Å². The zero-order chi connectivity index (χ0) is 24.5. The van der Waals surface area contributed by atoms with E-state index in [1.165, 1.54) is 29.2 Å². The highest BCUT2D eigenvalue weighted by Gasteiger charge is 2.30. The lowest BCUT2D eigenvalue weighted by atomic mass is 10.1. The first-order valence-corrected chi connectivity index (χ1v) is 9.78. The van der Waals surface area contributed by atoms with Crippen LogP contribution in [0.2, 0.25) is 0 Å². The number of carbonyl (C=O) groups is 1. The summed E-state index contributed by atoms with van der Waals surface area (Å²) in [6.07, 6.45) is -4.28.